The fourth-order valence-electron chi connectivity index (χ4n) is 2.57. The molecule has 3 rings (SSSR count). The van der Waals surface area contributed by atoms with E-state index in [0.717, 1.165) is 11.1 Å². The van der Waals surface area contributed by atoms with Crippen LogP contribution in [0, 0.1) is 13.8 Å². The van der Waals surface area contributed by atoms with Crippen molar-refractivity contribution < 1.29 is 9.53 Å². The van der Waals surface area contributed by atoms with Gasteiger partial charge in [-0.05, 0) is 67.4 Å². The van der Waals surface area contributed by atoms with Crippen LogP contribution in [0.5, 0.6) is 5.75 Å². The summed E-state index contributed by atoms with van der Waals surface area (Å²) in [5.41, 5.74) is 3.86. The molecule has 30 heavy (non-hydrogen) atoms. The fraction of sp³-hybridized carbons (Fsp3) is 0.130. The molecular weight excluding hydrogens is 443 g/mol. The molecule has 7 heteroatoms. The van der Waals surface area contributed by atoms with Crippen molar-refractivity contribution in [2.75, 3.05) is 11.9 Å². The number of rotatable bonds is 6. The maximum Gasteiger partial charge on any atom is 0.262 e. The number of hydrogen-bond acceptors (Lipinski definition) is 3. The van der Waals surface area contributed by atoms with Gasteiger partial charge in [-0.15, -0.1) is 0 Å². The molecule has 154 valence electrons. The lowest BCUT2D eigenvalue weighted by Crippen LogP contribution is -2.20. The van der Waals surface area contributed by atoms with Crippen LogP contribution in [0.1, 0.15) is 16.7 Å². The Labute approximate surface area is 190 Å². The Kier molecular flexibility index (Phi) is 7.38. The van der Waals surface area contributed by atoms with E-state index >= 15 is 0 Å². The molecule has 0 aliphatic carbocycles. The number of nitrogens with one attached hydrogen (secondary N) is 1. The molecule has 0 spiro atoms. The first kappa shape index (κ1) is 22.2. The van der Waals surface area contributed by atoms with Crippen LogP contribution in [0.4, 0.5) is 11.4 Å². The molecule has 0 heterocycles. The van der Waals surface area contributed by atoms with Crippen molar-refractivity contribution in [3.8, 4) is 5.75 Å². The van der Waals surface area contributed by atoms with Crippen LogP contribution in [0.25, 0.3) is 0 Å². The number of benzene rings is 3. The molecule has 0 unspecified atom stereocenters. The van der Waals surface area contributed by atoms with Gasteiger partial charge in [-0.3, -0.25) is 9.79 Å². The summed E-state index contributed by atoms with van der Waals surface area (Å²) in [5.74, 6) is 0.177. The van der Waals surface area contributed by atoms with Gasteiger partial charge in [-0.25, -0.2) is 0 Å². The quantitative estimate of drug-likeness (QED) is 0.400. The predicted molar refractivity (Wildman–Crippen MR) is 125 cm³/mol. The number of amides is 1. The van der Waals surface area contributed by atoms with E-state index in [2.05, 4.69) is 10.3 Å². The number of aryl methyl sites for hydroxylation is 2. The predicted octanol–water partition coefficient (Wildman–Crippen LogP) is 7.03. The van der Waals surface area contributed by atoms with Gasteiger partial charge in [0.1, 0.15) is 5.75 Å². The number of nitrogens with zero attached hydrogens (tertiary/aromatic N) is 1. The van der Waals surface area contributed by atoms with Crippen LogP contribution < -0.4 is 10.1 Å². The van der Waals surface area contributed by atoms with Gasteiger partial charge in [0.05, 0.1) is 5.69 Å². The Hall–Kier alpha value is -2.53. The molecule has 3 aromatic carbocycles. The summed E-state index contributed by atoms with van der Waals surface area (Å²) < 4.78 is 5.69. The number of carbonyl (C=O) groups excluding carboxylic acids is 1. The third-order valence-corrected chi connectivity index (χ3v) is 5.34. The van der Waals surface area contributed by atoms with Crippen molar-refractivity contribution in [3.63, 3.8) is 0 Å². The van der Waals surface area contributed by atoms with Crippen LogP contribution in [-0.2, 0) is 4.79 Å². The van der Waals surface area contributed by atoms with E-state index in [1.807, 2.05) is 32.0 Å². The SMILES string of the molecule is Cc1ccc(N=Cc2cc(Cl)ccc2OCC(=O)Nc2ccc(C)c(Cl)c2)cc1Cl. The molecule has 0 saturated heterocycles. The number of ether oxygens (including phenoxy) is 1. The lowest BCUT2D eigenvalue weighted by molar-refractivity contribution is -0.118. The molecule has 0 bridgehead atoms. The van der Waals surface area contributed by atoms with Gasteiger partial charge in [0, 0.05) is 32.5 Å². The highest BCUT2D eigenvalue weighted by molar-refractivity contribution is 6.32. The van der Waals surface area contributed by atoms with E-state index in [9.17, 15) is 4.79 Å². The maximum atomic E-state index is 12.3. The maximum absolute atomic E-state index is 12.3. The minimum atomic E-state index is -0.307. The highest BCUT2D eigenvalue weighted by atomic mass is 35.5. The second-order valence-electron chi connectivity index (χ2n) is 6.67. The van der Waals surface area contributed by atoms with Crippen molar-refractivity contribution >= 4 is 58.3 Å². The average Bonchev–Trinajstić information content (AvgIpc) is 2.71. The van der Waals surface area contributed by atoms with Crippen molar-refractivity contribution in [1.82, 2.24) is 0 Å². The number of aliphatic imine (C=N–C) groups is 1. The van der Waals surface area contributed by atoms with E-state index in [1.54, 1.807) is 42.6 Å². The van der Waals surface area contributed by atoms with Gasteiger partial charge < -0.3 is 10.1 Å². The largest absolute Gasteiger partial charge is 0.483 e. The van der Waals surface area contributed by atoms with Crippen molar-refractivity contribution in [3.05, 3.63) is 86.4 Å². The fourth-order valence-corrected chi connectivity index (χ4v) is 3.10. The lowest BCUT2D eigenvalue weighted by atomic mass is 10.2. The molecule has 0 aliphatic heterocycles. The average molecular weight is 462 g/mol. The molecule has 4 nitrogen and oxygen atoms in total. The first-order valence-corrected chi connectivity index (χ1v) is 10.2. The summed E-state index contributed by atoms with van der Waals surface area (Å²) in [6.07, 6.45) is 1.62. The van der Waals surface area contributed by atoms with E-state index in [4.69, 9.17) is 39.5 Å². The highest BCUT2D eigenvalue weighted by Crippen LogP contribution is 2.25. The minimum Gasteiger partial charge on any atom is -0.483 e. The van der Waals surface area contributed by atoms with Crippen molar-refractivity contribution in [2.24, 2.45) is 4.99 Å². The molecule has 0 aromatic heterocycles. The van der Waals surface area contributed by atoms with E-state index < -0.39 is 0 Å². The standard InChI is InChI=1S/C23H19Cl3N2O2/c1-14-3-6-18(10-20(14)25)27-12-16-9-17(24)5-8-22(16)30-13-23(29)28-19-7-4-15(2)21(26)11-19/h3-12H,13H2,1-2H3,(H,28,29). The van der Waals surface area contributed by atoms with E-state index in [0.29, 0.717) is 37.8 Å². The van der Waals surface area contributed by atoms with Crippen LogP contribution in [0.15, 0.2) is 59.6 Å². The highest BCUT2D eigenvalue weighted by Gasteiger charge is 2.08. The van der Waals surface area contributed by atoms with Crippen LogP contribution in [-0.4, -0.2) is 18.7 Å². The molecule has 1 amide bonds. The van der Waals surface area contributed by atoms with Crippen LogP contribution in [0.2, 0.25) is 15.1 Å². The third kappa shape index (κ3) is 5.99. The Morgan fingerprint density at radius 1 is 0.967 bits per heavy atom. The summed E-state index contributed by atoms with van der Waals surface area (Å²) in [7, 11) is 0. The first-order chi connectivity index (χ1) is 14.3. The number of anilines is 1. The Balaban J connectivity index is 1.70. The molecule has 0 atom stereocenters. The third-order valence-electron chi connectivity index (χ3n) is 4.29. The molecule has 1 N–H and O–H groups in total. The topological polar surface area (TPSA) is 50.7 Å². The number of carbonyl (C=O) groups is 1. The molecular formula is C23H19Cl3N2O2. The monoisotopic (exact) mass is 460 g/mol. The van der Waals surface area contributed by atoms with Gasteiger partial charge in [-0.2, -0.15) is 0 Å². The zero-order valence-corrected chi connectivity index (χ0v) is 18.6. The normalized spacial score (nSPS) is 11.0. The minimum absolute atomic E-state index is 0.176. The summed E-state index contributed by atoms with van der Waals surface area (Å²) in [4.78, 5) is 16.7. The van der Waals surface area contributed by atoms with Gasteiger partial charge in [-0.1, -0.05) is 46.9 Å². The van der Waals surface area contributed by atoms with Crippen molar-refractivity contribution in [1.29, 1.82) is 0 Å². The zero-order chi connectivity index (χ0) is 21.7. The van der Waals surface area contributed by atoms with Gasteiger partial charge in [0.25, 0.3) is 5.91 Å². The van der Waals surface area contributed by atoms with Gasteiger partial charge in [0.2, 0.25) is 0 Å². The van der Waals surface area contributed by atoms with Crippen molar-refractivity contribution in [2.45, 2.75) is 13.8 Å². The van der Waals surface area contributed by atoms with E-state index in [1.165, 1.54) is 0 Å². The second kappa shape index (κ2) is 9.98. The number of hydrogen-bond donors (Lipinski definition) is 1. The zero-order valence-electron chi connectivity index (χ0n) is 16.4. The molecule has 0 aliphatic rings. The van der Waals surface area contributed by atoms with Gasteiger partial charge in [0.15, 0.2) is 6.61 Å². The Morgan fingerprint density at radius 2 is 1.67 bits per heavy atom. The summed E-state index contributed by atoms with van der Waals surface area (Å²) in [5, 5.41) is 4.51. The molecule has 3 aromatic rings. The lowest BCUT2D eigenvalue weighted by Gasteiger charge is -2.11. The summed E-state index contributed by atoms with van der Waals surface area (Å²) in [6.45, 7) is 3.64. The Morgan fingerprint density at radius 3 is 2.37 bits per heavy atom. The van der Waals surface area contributed by atoms with Crippen LogP contribution in [0.3, 0.4) is 0 Å². The molecule has 0 radical (unpaired) electrons. The van der Waals surface area contributed by atoms with Crippen LogP contribution >= 0.6 is 34.8 Å². The summed E-state index contributed by atoms with van der Waals surface area (Å²) >= 11 is 18.4. The molecule has 0 saturated carbocycles. The Bertz CT molecular complexity index is 1110. The second-order valence-corrected chi connectivity index (χ2v) is 7.93. The van der Waals surface area contributed by atoms with E-state index in [-0.39, 0.29) is 12.5 Å². The molecule has 0 fully saturated rings. The smallest absolute Gasteiger partial charge is 0.262 e. The van der Waals surface area contributed by atoms with Gasteiger partial charge >= 0.3 is 0 Å². The first-order valence-electron chi connectivity index (χ1n) is 9.10. The summed E-state index contributed by atoms with van der Waals surface area (Å²) in [6, 6.07) is 16.0. The number of halogens is 3.